The minimum absolute atomic E-state index is 0.307. The molecule has 1 aromatic carbocycles. The molecule has 3 unspecified atom stereocenters. The van der Waals surface area contributed by atoms with Crippen LogP contribution in [0.4, 0.5) is 5.69 Å². The molecule has 1 aliphatic rings. The minimum Gasteiger partial charge on any atom is -0.389 e. The smallest absolute Gasteiger partial charge is 0.0945 e. The quantitative estimate of drug-likeness (QED) is 0.769. The number of anilines is 1. The van der Waals surface area contributed by atoms with E-state index in [-0.39, 0.29) is 0 Å². The van der Waals surface area contributed by atoms with Crippen LogP contribution < -0.4 is 5.32 Å². The number of ether oxygens (including phenoxy) is 1. The number of halogens is 2. The molecule has 0 saturated heterocycles. The molecule has 0 aromatic heterocycles. The predicted molar refractivity (Wildman–Crippen MR) is 91.0 cm³/mol. The van der Waals surface area contributed by atoms with Crippen molar-refractivity contribution in [2.24, 2.45) is 5.92 Å². The molecule has 21 heavy (non-hydrogen) atoms. The predicted octanol–water partition coefficient (Wildman–Crippen LogP) is 4.47. The van der Waals surface area contributed by atoms with Crippen LogP contribution in [0.5, 0.6) is 0 Å². The van der Waals surface area contributed by atoms with Gasteiger partial charge >= 0.3 is 0 Å². The molecule has 0 aliphatic heterocycles. The van der Waals surface area contributed by atoms with E-state index in [9.17, 15) is 5.11 Å². The largest absolute Gasteiger partial charge is 0.389 e. The van der Waals surface area contributed by atoms with Crippen LogP contribution in [0.1, 0.15) is 32.6 Å². The first-order chi connectivity index (χ1) is 10.1. The van der Waals surface area contributed by atoms with Crippen molar-refractivity contribution >= 4 is 33.2 Å². The monoisotopic (exact) mass is 375 g/mol. The molecular formula is C16H23BrClNO2. The van der Waals surface area contributed by atoms with Crippen molar-refractivity contribution in [3.8, 4) is 0 Å². The maximum absolute atomic E-state index is 10.0. The molecule has 3 nitrogen and oxygen atoms in total. The van der Waals surface area contributed by atoms with E-state index in [4.69, 9.17) is 16.3 Å². The Morgan fingerprint density at radius 3 is 3.05 bits per heavy atom. The first-order valence-electron chi connectivity index (χ1n) is 7.53. The van der Waals surface area contributed by atoms with Crippen LogP contribution in [0, 0.1) is 5.92 Å². The molecule has 0 spiro atoms. The zero-order valence-corrected chi connectivity index (χ0v) is 14.7. The molecule has 1 aromatic rings. The summed E-state index contributed by atoms with van der Waals surface area (Å²) in [5, 5.41) is 13.9. The molecule has 0 bridgehead atoms. The second-order valence-electron chi connectivity index (χ2n) is 5.86. The zero-order chi connectivity index (χ0) is 15.2. The molecule has 0 heterocycles. The van der Waals surface area contributed by atoms with Gasteiger partial charge in [-0.2, -0.15) is 0 Å². The molecule has 0 amide bonds. The number of aliphatic hydroxyl groups is 1. The average molecular weight is 377 g/mol. The molecule has 2 rings (SSSR count). The standard InChI is InChI=1S/C16H23BrClNO2/c1-11-4-2-5-13(8-11)21-10-12(20)9-19-15-7-3-6-14(18)16(15)17/h3,6-7,11-13,19-20H,2,4-5,8-10H2,1H3. The fraction of sp³-hybridized carbons (Fsp3) is 0.625. The van der Waals surface area contributed by atoms with Crippen LogP contribution in [0.15, 0.2) is 22.7 Å². The molecule has 118 valence electrons. The fourth-order valence-corrected chi connectivity index (χ4v) is 3.28. The summed E-state index contributed by atoms with van der Waals surface area (Å²) in [7, 11) is 0. The van der Waals surface area contributed by atoms with Crippen molar-refractivity contribution in [1.82, 2.24) is 0 Å². The first kappa shape index (κ1) is 17.1. The van der Waals surface area contributed by atoms with Gasteiger partial charge in [0, 0.05) is 6.54 Å². The average Bonchev–Trinajstić information content (AvgIpc) is 2.47. The van der Waals surface area contributed by atoms with Gasteiger partial charge in [-0.3, -0.25) is 0 Å². The van der Waals surface area contributed by atoms with E-state index in [0.29, 0.717) is 24.3 Å². The SMILES string of the molecule is CC1CCCC(OCC(O)CNc2cccc(Cl)c2Br)C1. The van der Waals surface area contributed by atoms with E-state index >= 15 is 0 Å². The third-order valence-electron chi connectivity index (χ3n) is 3.89. The highest BCUT2D eigenvalue weighted by Crippen LogP contribution is 2.30. The van der Waals surface area contributed by atoms with Gasteiger partial charge in [-0.15, -0.1) is 0 Å². The van der Waals surface area contributed by atoms with Crippen LogP contribution in [-0.2, 0) is 4.74 Å². The summed E-state index contributed by atoms with van der Waals surface area (Å²) in [6.45, 7) is 3.09. The molecule has 5 heteroatoms. The van der Waals surface area contributed by atoms with E-state index in [0.717, 1.165) is 28.9 Å². The highest BCUT2D eigenvalue weighted by atomic mass is 79.9. The second kappa shape index (κ2) is 8.37. The Kier molecular flexibility index (Phi) is 6.80. The molecule has 1 aliphatic carbocycles. The second-order valence-corrected chi connectivity index (χ2v) is 7.06. The van der Waals surface area contributed by atoms with Crippen molar-refractivity contribution in [3.05, 3.63) is 27.7 Å². The fourth-order valence-electron chi connectivity index (χ4n) is 2.70. The van der Waals surface area contributed by atoms with Crippen LogP contribution >= 0.6 is 27.5 Å². The topological polar surface area (TPSA) is 41.5 Å². The van der Waals surface area contributed by atoms with Crippen LogP contribution in [-0.4, -0.2) is 30.5 Å². The van der Waals surface area contributed by atoms with Crippen molar-refractivity contribution in [2.45, 2.75) is 44.8 Å². The van der Waals surface area contributed by atoms with Crippen molar-refractivity contribution in [3.63, 3.8) is 0 Å². The summed E-state index contributed by atoms with van der Waals surface area (Å²) in [5.41, 5.74) is 0.882. The Balaban J connectivity index is 1.72. The summed E-state index contributed by atoms with van der Waals surface area (Å²) in [6.07, 6.45) is 4.54. The van der Waals surface area contributed by atoms with Gasteiger partial charge in [0.1, 0.15) is 0 Å². The van der Waals surface area contributed by atoms with Gasteiger partial charge in [0.05, 0.1) is 34.0 Å². The third kappa shape index (κ3) is 5.44. The number of nitrogens with one attached hydrogen (secondary N) is 1. The van der Waals surface area contributed by atoms with Gasteiger partial charge in [0.15, 0.2) is 0 Å². The molecular weight excluding hydrogens is 354 g/mol. The third-order valence-corrected chi connectivity index (χ3v) is 5.29. The summed E-state index contributed by atoms with van der Waals surface area (Å²) in [4.78, 5) is 0. The summed E-state index contributed by atoms with van der Waals surface area (Å²) >= 11 is 9.46. The van der Waals surface area contributed by atoms with E-state index < -0.39 is 6.10 Å². The first-order valence-corrected chi connectivity index (χ1v) is 8.71. The lowest BCUT2D eigenvalue weighted by molar-refractivity contribution is -0.0274. The highest BCUT2D eigenvalue weighted by molar-refractivity contribution is 9.10. The van der Waals surface area contributed by atoms with E-state index in [1.807, 2.05) is 18.2 Å². The highest BCUT2D eigenvalue weighted by Gasteiger charge is 2.20. The van der Waals surface area contributed by atoms with Crippen molar-refractivity contribution in [2.75, 3.05) is 18.5 Å². The van der Waals surface area contributed by atoms with Crippen molar-refractivity contribution < 1.29 is 9.84 Å². The summed E-state index contributed by atoms with van der Waals surface area (Å²) in [5.74, 6) is 0.737. The van der Waals surface area contributed by atoms with Gasteiger partial charge in [-0.25, -0.2) is 0 Å². The number of hydrogen-bond acceptors (Lipinski definition) is 3. The summed E-state index contributed by atoms with van der Waals surface area (Å²) < 4.78 is 6.65. The Bertz CT molecular complexity index is 458. The van der Waals surface area contributed by atoms with Crippen LogP contribution in [0.3, 0.4) is 0 Å². The van der Waals surface area contributed by atoms with Crippen LogP contribution in [0.25, 0.3) is 0 Å². The van der Waals surface area contributed by atoms with E-state index in [1.54, 1.807) is 0 Å². The van der Waals surface area contributed by atoms with Gasteiger partial charge in [0.2, 0.25) is 0 Å². The molecule has 0 radical (unpaired) electrons. The molecule has 1 fully saturated rings. The van der Waals surface area contributed by atoms with Gasteiger partial charge < -0.3 is 15.2 Å². The lowest BCUT2D eigenvalue weighted by Crippen LogP contribution is -2.30. The Morgan fingerprint density at radius 1 is 1.48 bits per heavy atom. The van der Waals surface area contributed by atoms with Gasteiger partial charge in [-0.1, -0.05) is 37.4 Å². The number of aliphatic hydroxyl groups excluding tert-OH is 1. The van der Waals surface area contributed by atoms with Gasteiger partial charge in [-0.05, 0) is 46.8 Å². The number of rotatable bonds is 6. The number of benzene rings is 1. The number of hydrogen-bond donors (Lipinski definition) is 2. The molecule has 3 atom stereocenters. The van der Waals surface area contributed by atoms with Gasteiger partial charge in [0.25, 0.3) is 0 Å². The normalized spacial score (nSPS) is 23.8. The minimum atomic E-state index is -0.520. The molecule has 2 N–H and O–H groups in total. The zero-order valence-electron chi connectivity index (χ0n) is 12.3. The lowest BCUT2D eigenvalue weighted by Gasteiger charge is -2.27. The Labute approximate surface area is 140 Å². The Hall–Kier alpha value is -0.290. The van der Waals surface area contributed by atoms with E-state index in [2.05, 4.69) is 28.2 Å². The van der Waals surface area contributed by atoms with Crippen molar-refractivity contribution in [1.29, 1.82) is 0 Å². The maximum Gasteiger partial charge on any atom is 0.0945 e. The summed E-state index contributed by atoms with van der Waals surface area (Å²) in [6, 6.07) is 5.62. The molecule has 1 saturated carbocycles. The van der Waals surface area contributed by atoms with E-state index in [1.165, 1.54) is 12.8 Å². The Morgan fingerprint density at radius 2 is 2.29 bits per heavy atom. The van der Waals surface area contributed by atoms with Crippen LogP contribution in [0.2, 0.25) is 5.02 Å². The lowest BCUT2D eigenvalue weighted by atomic mass is 9.89. The maximum atomic E-state index is 10.0.